The highest BCUT2D eigenvalue weighted by Gasteiger charge is 2.20. The van der Waals surface area contributed by atoms with Crippen LogP contribution in [-0.2, 0) is 6.42 Å². The third kappa shape index (κ3) is 2.30. The van der Waals surface area contributed by atoms with Gasteiger partial charge in [-0.05, 0) is 18.1 Å². The topological polar surface area (TPSA) is 33.3 Å². The minimum absolute atomic E-state index is 0.514. The van der Waals surface area contributed by atoms with Crippen LogP contribution in [0.2, 0.25) is 0 Å². The summed E-state index contributed by atoms with van der Waals surface area (Å²) >= 11 is 0. The highest BCUT2D eigenvalue weighted by Crippen LogP contribution is 2.31. The molecular weight excluding hydrogens is 200 g/mol. The van der Waals surface area contributed by atoms with Gasteiger partial charge in [0.1, 0.15) is 5.75 Å². The Morgan fingerprint density at radius 1 is 1.44 bits per heavy atom. The number of para-hydroxylation sites is 1. The van der Waals surface area contributed by atoms with E-state index in [1.54, 1.807) is 7.11 Å². The smallest absolute Gasteiger partial charge is 0.142 e. The molecule has 2 rings (SSSR count). The molecule has 2 N–H and O–H groups in total. The zero-order valence-electron chi connectivity index (χ0n) is 10.2. The van der Waals surface area contributed by atoms with Crippen LogP contribution in [0.25, 0.3) is 0 Å². The van der Waals surface area contributed by atoms with Crippen LogP contribution in [0, 0.1) is 0 Å². The summed E-state index contributed by atoms with van der Waals surface area (Å²) in [5, 5.41) is 7.01. The lowest BCUT2D eigenvalue weighted by Gasteiger charge is -2.29. The van der Waals surface area contributed by atoms with E-state index in [2.05, 4.69) is 36.6 Å². The number of anilines is 1. The van der Waals surface area contributed by atoms with E-state index >= 15 is 0 Å². The Hall–Kier alpha value is -1.22. The fourth-order valence-electron chi connectivity index (χ4n) is 2.27. The summed E-state index contributed by atoms with van der Waals surface area (Å²) in [7, 11) is 1.72. The number of methoxy groups -OCH3 is 1. The molecule has 0 aliphatic carbocycles. The summed E-state index contributed by atoms with van der Waals surface area (Å²) in [6.07, 6.45) is 1.07. The first kappa shape index (κ1) is 11.3. The zero-order valence-corrected chi connectivity index (χ0v) is 10.2. The van der Waals surface area contributed by atoms with Crippen molar-refractivity contribution in [1.29, 1.82) is 0 Å². The summed E-state index contributed by atoms with van der Waals surface area (Å²) in [6, 6.07) is 7.26. The molecule has 1 aromatic carbocycles. The van der Waals surface area contributed by atoms with Crippen molar-refractivity contribution in [1.82, 2.24) is 5.32 Å². The second-order valence-corrected chi connectivity index (χ2v) is 4.60. The SMILES string of the molecule is COc1cccc2c1NCC(NC(C)C)C2. The molecule has 0 saturated heterocycles. The average molecular weight is 220 g/mol. The molecule has 16 heavy (non-hydrogen) atoms. The number of ether oxygens (including phenoxy) is 1. The summed E-state index contributed by atoms with van der Waals surface area (Å²) in [5.41, 5.74) is 2.50. The lowest BCUT2D eigenvalue weighted by atomic mass is 9.98. The first-order chi connectivity index (χ1) is 7.70. The van der Waals surface area contributed by atoms with Crippen LogP contribution in [0.3, 0.4) is 0 Å². The number of fused-ring (bicyclic) bond motifs is 1. The number of hydrogen-bond donors (Lipinski definition) is 2. The normalized spacial score (nSPS) is 19.1. The minimum atomic E-state index is 0.514. The molecule has 0 bridgehead atoms. The van der Waals surface area contributed by atoms with E-state index in [1.807, 2.05) is 6.07 Å². The van der Waals surface area contributed by atoms with E-state index in [4.69, 9.17) is 4.74 Å². The largest absolute Gasteiger partial charge is 0.495 e. The van der Waals surface area contributed by atoms with Gasteiger partial charge in [0.25, 0.3) is 0 Å². The molecule has 0 saturated carbocycles. The molecule has 1 aliphatic rings. The number of rotatable bonds is 3. The van der Waals surface area contributed by atoms with E-state index in [0.29, 0.717) is 12.1 Å². The quantitative estimate of drug-likeness (QED) is 0.817. The van der Waals surface area contributed by atoms with Crippen LogP contribution in [-0.4, -0.2) is 25.7 Å². The van der Waals surface area contributed by atoms with Crippen molar-refractivity contribution < 1.29 is 4.74 Å². The van der Waals surface area contributed by atoms with Gasteiger partial charge in [0.2, 0.25) is 0 Å². The molecule has 1 aliphatic heterocycles. The maximum Gasteiger partial charge on any atom is 0.142 e. The van der Waals surface area contributed by atoms with E-state index in [1.165, 1.54) is 5.56 Å². The summed E-state index contributed by atoms with van der Waals surface area (Å²) in [4.78, 5) is 0. The van der Waals surface area contributed by atoms with E-state index in [9.17, 15) is 0 Å². The Bertz CT molecular complexity index is 363. The Labute approximate surface area is 97.2 Å². The molecule has 0 aromatic heterocycles. The Morgan fingerprint density at radius 2 is 2.25 bits per heavy atom. The maximum atomic E-state index is 5.35. The molecule has 3 heteroatoms. The standard InChI is InChI=1S/C13H20N2O/c1-9(2)15-11-7-10-5-4-6-12(16-3)13(10)14-8-11/h4-6,9,11,14-15H,7-8H2,1-3H3. The lowest BCUT2D eigenvalue weighted by molar-refractivity contribution is 0.412. The van der Waals surface area contributed by atoms with Crippen molar-refractivity contribution in [2.24, 2.45) is 0 Å². The second-order valence-electron chi connectivity index (χ2n) is 4.60. The summed E-state index contributed by atoms with van der Waals surface area (Å²) < 4.78 is 5.35. The molecule has 0 amide bonds. The molecular formula is C13H20N2O. The zero-order chi connectivity index (χ0) is 11.5. The number of benzene rings is 1. The van der Waals surface area contributed by atoms with Crippen molar-refractivity contribution in [2.45, 2.75) is 32.4 Å². The van der Waals surface area contributed by atoms with Gasteiger partial charge in [0.15, 0.2) is 0 Å². The lowest BCUT2D eigenvalue weighted by Crippen LogP contribution is -2.43. The summed E-state index contributed by atoms with van der Waals surface area (Å²) in [5.74, 6) is 0.945. The van der Waals surface area contributed by atoms with E-state index in [-0.39, 0.29) is 0 Å². The highest BCUT2D eigenvalue weighted by molar-refractivity contribution is 5.63. The Morgan fingerprint density at radius 3 is 2.94 bits per heavy atom. The molecule has 0 radical (unpaired) electrons. The molecule has 0 spiro atoms. The van der Waals surface area contributed by atoms with Crippen molar-refractivity contribution in [2.75, 3.05) is 19.0 Å². The van der Waals surface area contributed by atoms with Crippen LogP contribution in [0.5, 0.6) is 5.75 Å². The van der Waals surface area contributed by atoms with Crippen molar-refractivity contribution >= 4 is 5.69 Å². The van der Waals surface area contributed by atoms with Gasteiger partial charge >= 0.3 is 0 Å². The Kier molecular flexibility index (Phi) is 3.34. The summed E-state index contributed by atoms with van der Waals surface area (Å²) in [6.45, 7) is 5.33. The molecule has 1 aromatic rings. The van der Waals surface area contributed by atoms with E-state index in [0.717, 1.165) is 24.4 Å². The molecule has 3 nitrogen and oxygen atoms in total. The first-order valence-corrected chi connectivity index (χ1v) is 5.86. The van der Waals surface area contributed by atoms with Crippen LogP contribution in [0.4, 0.5) is 5.69 Å². The number of hydrogen-bond acceptors (Lipinski definition) is 3. The molecule has 88 valence electrons. The van der Waals surface area contributed by atoms with Crippen LogP contribution in [0.15, 0.2) is 18.2 Å². The molecule has 1 atom stereocenters. The van der Waals surface area contributed by atoms with Crippen molar-refractivity contribution in [3.63, 3.8) is 0 Å². The molecule has 1 unspecified atom stereocenters. The van der Waals surface area contributed by atoms with Gasteiger partial charge in [-0.15, -0.1) is 0 Å². The van der Waals surface area contributed by atoms with Crippen LogP contribution in [0.1, 0.15) is 19.4 Å². The van der Waals surface area contributed by atoms with Gasteiger partial charge < -0.3 is 15.4 Å². The van der Waals surface area contributed by atoms with Crippen molar-refractivity contribution in [3.8, 4) is 5.75 Å². The molecule has 0 fully saturated rings. The molecule has 1 heterocycles. The van der Waals surface area contributed by atoms with Crippen molar-refractivity contribution in [3.05, 3.63) is 23.8 Å². The van der Waals surface area contributed by atoms with Gasteiger partial charge in [-0.25, -0.2) is 0 Å². The van der Waals surface area contributed by atoms with Gasteiger partial charge in [-0.1, -0.05) is 26.0 Å². The van der Waals surface area contributed by atoms with Gasteiger partial charge in [-0.3, -0.25) is 0 Å². The maximum absolute atomic E-state index is 5.35. The highest BCUT2D eigenvalue weighted by atomic mass is 16.5. The average Bonchev–Trinajstić information content (AvgIpc) is 2.27. The van der Waals surface area contributed by atoms with Crippen LogP contribution >= 0.6 is 0 Å². The second kappa shape index (κ2) is 4.74. The van der Waals surface area contributed by atoms with Crippen LogP contribution < -0.4 is 15.4 Å². The van der Waals surface area contributed by atoms with Gasteiger partial charge in [0, 0.05) is 18.6 Å². The predicted molar refractivity (Wildman–Crippen MR) is 67.2 cm³/mol. The van der Waals surface area contributed by atoms with Gasteiger partial charge in [-0.2, -0.15) is 0 Å². The predicted octanol–water partition coefficient (Wildman–Crippen LogP) is 2.03. The Balaban J connectivity index is 2.15. The fourth-order valence-corrected chi connectivity index (χ4v) is 2.27. The third-order valence-electron chi connectivity index (χ3n) is 2.89. The van der Waals surface area contributed by atoms with E-state index < -0.39 is 0 Å². The van der Waals surface area contributed by atoms with Gasteiger partial charge in [0.05, 0.1) is 12.8 Å². The number of nitrogens with one attached hydrogen (secondary N) is 2. The third-order valence-corrected chi connectivity index (χ3v) is 2.89. The monoisotopic (exact) mass is 220 g/mol. The first-order valence-electron chi connectivity index (χ1n) is 5.86. The minimum Gasteiger partial charge on any atom is -0.495 e. The fraction of sp³-hybridized carbons (Fsp3) is 0.538.